The summed E-state index contributed by atoms with van der Waals surface area (Å²) in [5.74, 6) is 0. The molecule has 292 valence electrons. The number of fused-ring (bicyclic) bond motifs is 2. The molecule has 2 aromatic heterocycles. The van der Waals surface area contributed by atoms with Gasteiger partial charge < -0.3 is 0 Å². The fourth-order valence-electron chi connectivity index (χ4n) is 8.72. The second-order valence-corrected chi connectivity index (χ2v) is 17.8. The summed E-state index contributed by atoms with van der Waals surface area (Å²) in [6.07, 6.45) is 4.39. The van der Waals surface area contributed by atoms with E-state index >= 15 is 0 Å². The van der Waals surface area contributed by atoms with Gasteiger partial charge in [-0.25, -0.2) is 0 Å². The van der Waals surface area contributed by atoms with Crippen molar-refractivity contribution >= 4 is 56.4 Å². The highest BCUT2D eigenvalue weighted by Gasteiger charge is 2.19. The van der Waals surface area contributed by atoms with Crippen molar-refractivity contribution in [3.05, 3.63) is 242 Å². The Labute approximate surface area is 371 Å². The number of thiophene rings is 2. The zero-order chi connectivity index (χ0) is 41.2. The molecule has 0 bridgehead atoms. The van der Waals surface area contributed by atoms with E-state index in [9.17, 15) is 0 Å². The van der Waals surface area contributed by atoms with Gasteiger partial charge in [0.25, 0.3) is 0 Å². The number of hydrogen-bond donors (Lipinski definition) is 0. The van der Waals surface area contributed by atoms with Crippen LogP contribution in [0.25, 0.3) is 109 Å². The Morgan fingerprint density at radius 2 is 0.613 bits per heavy atom. The molecule has 9 aromatic carbocycles. The van der Waals surface area contributed by atoms with E-state index in [1.807, 2.05) is 22.7 Å². The highest BCUT2D eigenvalue weighted by atomic mass is 32.1. The second kappa shape index (κ2) is 16.6. The van der Waals surface area contributed by atoms with Crippen LogP contribution >= 0.6 is 22.7 Å². The van der Waals surface area contributed by atoms with Crippen LogP contribution in [-0.2, 0) is 0 Å². The quantitative estimate of drug-likeness (QED) is 0.100. The molecule has 0 amide bonds. The number of hydrogen-bond acceptors (Lipinski definition) is 2. The van der Waals surface area contributed by atoms with E-state index in [-0.39, 0.29) is 0 Å². The first-order chi connectivity index (χ1) is 30.7. The molecule has 11 rings (SSSR count). The first-order valence-corrected chi connectivity index (χ1v) is 22.7. The zero-order valence-corrected chi connectivity index (χ0v) is 35.5. The van der Waals surface area contributed by atoms with E-state index in [0.717, 1.165) is 0 Å². The Hall–Kier alpha value is -7.36. The molecule has 0 fully saturated rings. The fraction of sp³-hybridized carbons (Fsp3) is 0. The molecule has 0 aliphatic heterocycles. The lowest BCUT2D eigenvalue weighted by atomic mass is 9.84. The van der Waals surface area contributed by atoms with E-state index in [4.69, 9.17) is 0 Å². The van der Waals surface area contributed by atoms with E-state index in [0.29, 0.717) is 0 Å². The summed E-state index contributed by atoms with van der Waals surface area (Å²) in [6, 6.07) is 84.2. The van der Waals surface area contributed by atoms with E-state index in [1.165, 1.54) is 108 Å². The maximum atomic E-state index is 2.43. The van der Waals surface area contributed by atoms with Gasteiger partial charge in [-0.15, -0.1) is 22.7 Å². The highest BCUT2D eigenvalue weighted by Crippen LogP contribution is 2.47. The molecule has 11 aromatic rings. The average molecular weight is 825 g/mol. The third kappa shape index (κ3) is 7.41. The Bertz CT molecular complexity index is 3390. The standard InChI is InChI=1S/C60H40S2/c1-4-15-41(16-5-1)29-30-42-17-12-22-45(37-42)46-31-32-53-54(40-46)60(50-26-14-24-48(39-50)58-36-34-56(62-58)44-20-8-3-9-21-44)52-28-11-10-27-51(52)59(53)49-25-13-23-47(38-49)57-35-33-55(61-57)43-18-6-2-7-19-43/h1-40H/b30-29-. The molecule has 2 heteroatoms. The Morgan fingerprint density at radius 3 is 1.19 bits per heavy atom. The highest BCUT2D eigenvalue weighted by molar-refractivity contribution is 7.19. The summed E-state index contributed by atoms with van der Waals surface area (Å²) in [7, 11) is 0. The molecular weight excluding hydrogens is 785 g/mol. The van der Waals surface area contributed by atoms with Crippen molar-refractivity contribution < 1.29 is 0 Å². The Balaban J connectivity index is 1.09. The first-order valence-electron chi connectivity index (χ1n) is 21.1. The number of benzene rings is 9. The lowest BCUT2D eigenvalue weighted by molar-refractivity contribution is 1.61. The third-order valence-electron chi connectivity index (χ3n) is 11.7. The van der Waals surface area contributed by atoms with Crippen LogP contribution in [0.1, 0.15) is 11.1 Å². The molecule has 0 aliphatic rings. The van der Waals surface area contributed by atoms with Crippen LogP contribution in [0.3, 0.4) is 0 Å². The van der Waals surface area contributed by atoms with Crippen molar-refractivity contribution in [2.24, 2.45) is 0 Å². The lowest BCUT2D eigenvalue weighted by Gasteiger charge is -2.19. The summed E-state index contributed by atoms with van der Waals surface area (Å²) in [4.78, 5) is 5.08. The predicted molar refractivity (Wildman–Crippen MR) is 271 cm³/mol. The van der Waals surface area contributed by atoms with E-state index in [2.05, 4.69) is 243 Å². The molecule has 0 nitrogen and oxygen atoms in total. The van der Waals surface area contributed by atoms with Crippen molar-refractivity contribution in [3.8, 4) is 75.1 Å². The van der Waals surface area contributed by atoms with Gasteiger partial charge in [-0.2, -0.15) is 0 Å². The van der Waals surface area contributed by atoms with Crippen molar-refractivity contribution in [2.45, 2.75) is 0 Å². The molecule has 0 saturated carbocycles. The lowest BCUT2D eigenvalue weighted by Crippen LogP contribution is -1.92. The van der Waals surface area contributed by atoms with Crippen LogP contribution in [0, 0.1) is 0 Å². The first kappa shape index (κ1) is 37.6. The molecule has 0 spiro atoms. The fourth-order valence-corrected chi connectivity index (χ4v) is 10.7. The Morgan fingerprint density at radius 1 is 0.226 bits per heavy atom. The SMILES string of the molecule is C(=C/c1cccc(-c2ccc3c(-c4cccc(-c5ccc(-c6ccccc6)s5)c4)c4ccccc4c(-c4cccc(-c5ccc(-c6ccccc6)s5)c4)c3c2)c1)/c1ccccc1. The molecule has 62 heavy (non-hydrogen) atoms. The Kier molecular flexibility index (Phi) is 10.1. The molecule has 0 radical (unpaired) electrons. The minimum absolute atomic E-state index is 1.17. The minimum Gasteiger partial charge on any atom is -0.135 e. The molecular formula is C60H40S2. The molecule has 2 heterocycles. The topological polar surface area (TPSA) is 0 Å². The van der Waals surface area contributed by atoms with Crippen molar-refractivity contribution in [3.63, 3.8) is 0 Å². The van der Waals surface area contributed by atoms with Gasteiger partial charge in [0.05, 0.1) is 0 Å². The van der Waals surface area contributed by atoms with Crippen LogP contribution in [0.15, 0.2) is 231 Å². The summed E-state index contributed by atoms with van der Waals surface area (Å²) < 4.78 is 0. The summed E-state index contributed by atoms with van der Waals surface area (Å²) >= 11 is 3.70. The van der Waals surface area contributed by atoms with Gasteiger partial charge in [0, 0.05) is 19.5 Å². The molecule has 0 atom stereocenters. The van der Waals surface area contributed by atoms with Crippen LogP contribution in [0.2, 0.25) is 0 Å². The van der Waals surface area contributed by atoms with Crippen LogP contribution < -0.4 is 0 Å². The van der Waals surface area contributed by atoms with Gasteiger partial charge in [0.1, 0.15) is 0 Å². The van der Waals surface area contributed by atoms with E-state index in [1.54, 1.807) is 0 Å². The van der Waals surface area contributed by atoms with Gasteiger partial charge in [0.15, 0.2) is 0 Å². The van der Waals surface area contributed by atoms with Gasteiger partial charge in [-0.3, -0.25) is 0 Å². The summed E-state index contributed by atoms with van der Waals surface area (Å²) in [5.41, 5.74) is 14.6. The monoisotopic (exact) mass is 824 g/mol. The van der Waals surface area contributed by atoms with Gasteiger partial charge in [0.2, 0.25) is 0 Å². The van der Waals surface area contributed by atoms with Crippen molar-refractivity contribution in [1.82, 2.24) is 0 Å². The predicted octanol–water partition coefficient (Wildman–Crippen LogP) is 18.0. The smallest absolute Gasteiger partial charge is 0.0349 e. The zero-order valence-electron chi connectivity index (χ0n) is 33.9. The van der Waals surface area contributed by atoms with E-state index < -0.39 is 0 Å². The molecule has 0 saturated heterocycles. The van der Waals surface area contributed by atoms with Gasteiger partial charge >= 0.3 is 0 Å². The molecule has 0 N–H and O–H groups in total. The van der Waals surface area contributed by atoms with Gasteiger partial charge in [-0.05, 0) is 137 Å². The number of rotatable bonds is 9. The van der Waals surface area contributed by atoms with Crippen LogP contribution in [0.4, 0.5) is 0 Å². The normalized spacial score (nSPS) is 11.5. The largest absolute Gasteiger partial charge is 0.135 e. The second-order valence-electron chi connectivity index (χ2n) is 15.6. The van der Waals surface area contributed by atoms with Gasteiger partial charge in [-0.1, -0.05) is 194 Å². The molecule has 0 aliphatic carbocycles. The maximum absolute atomic E-state index is 2.43. The van der Waals surface area contributed by atoms with Crippen LogP contribution in [0.5, 0.6) is 0 Å². The minimum atomic E-state index is 1.17. The third-order valence-corrected chi connectivity index (χ3v) is 14.1. The summed E-state index contributed by atoms with van der Waals surface area (Å²) in [5, 5.41) is 4.97. The molecule has 0 unspecified atom stereocenters. The van der Waals surface area contributed by atoms with Crippen LogP contribution in [-0.4, -0.2) is 0 Å². The summed E-state index contributed by atoms with van der Waals surface area (Å²) in [6.45, 7) is 0. The average Bonchev–Trinajstić information content (AvgIpc) is 4.06. The maximum Gasteiger partial charge on any atom is 0.0349 e. The van der Waals surface area contributed by atoms with Crippen molar-refractivity contribution in [2.75, 3.05) is 0 Å². The van der Waals surface area contributed by atoms with Crippen molar-refractivity contribution in [1.29, 1.82) is 0 Å².